The van der Waals surface area contributed by atoms with Crippen LogP contribution >= 0.6 is 11.3 Å². The summed E-state index contributed by atoms with van der Waals surface area (Å²) in [6.45, 7) is 9.05. The third-order valence-corrected chi connectivity index (χ3v) is 8.37. The van der Waals surface area contributed by atoms with Gasteiger partial charge in [-0.3, -0.25) is 19.2 Å². The number of nitrogens with zero attached hydrogens (tertiary/aromatic N) is 2. The number of β-amino-alcohol motifs (C(OH)–C–C–N with tert-alkyl or cyclic N) is 1. The fourth-order valence-electron chi connectivity index (χ4n) is 4.88. The van der Waals surface area contributed by atoms with E-state index in [0.717, 1.165) is 21.7 Å². The van der Waals surface area contributed by atoms with Gasteiger partial charge in [0.2, 0.25) is 17.7 Å². The van der Waals surface area contributed by atoms with E-state index in [9.17, 15) is 24.3 Å². The molecule has 0 bridgehead atoms. The lowest BCUT2D eigenvalue weighted by atomic mass is 9.85. The molecule has 0 spiro atoms. The monoisotopic (exact) mass is 662 g/mol. The van der Waals surface area contributed by atoms with Gasteiger partial charge < -0.3 is 40.0 Å². The number of benzene rings is 1. The highest BCUT2D eigenvalue weighted by Gasteiger charge is 2.44. The van der Waals surface area contributed by atoms with Crippen molar-refractivity contribution in [1.29, 1.82) is 0 Å². The summed E-state index contributed by atoms with van der Waals surface area (Å²) in [5, 5.41) is 24.7. The zero-order valence-corrected chi connectivity index (χ0v) is 27.8. The van der Waals surface area contributed by atoms with Crippen LogP contribution in [0.1, 0.15) is 51.3 Å². The van der Waals surface area contributed by atoms with Gasteiger partial charge in [0.25, 0.3) is 0 Å². The Hall–Kier alpha value is -3.43. The van der Waals surface area contributed by atoms with E-state index >= 15 is 0 Å². The molecule has 3 atom stereocenters. The second-order valence-corrected chi connectivity index (χ2v) is 13.0. The number of carboxylic acids is 1. The van der Waals surface area contributed by atoms with Crippen molar-refractivity contribution >= 4 is 35.0 Å². The zero-order chi connectivity index (χ0) is 33.7. The molecule has 1 aliphatic heterocycles. The number of amides is 3. The van der Waals surface area contributed by atoms with Gasteiger partial charge in [-0.2, -0.15) is 0 Å². The average molecular weight is 663 g/mol. The van der Waals surface area contributed by atoms with Crippen LogP contribution in [0.3, 0.4) is 0 Å². The summed E-state index contributed by atoms with van der Waals surface area (Å²) in [6.07, 6.45) is -0.791. The molecule has 0 radical (unpaired) electrons. The van der Waals surface area contributed by atoms with Crippen LogP contribution in [-0.4, -0.2) is 108 Å². The van der Waals surface area contributed by atoms with Crippen LogP contribution in [0.2, 0.25) is 0 Å². The number of thiazole rings is 1. The fourth-order valence-corrected chi connectivity index (χ4v) is 5.69. The van der Waals surface area contributed by atoms with Crippen LogP contribution in [0, 0.1) is 12.3 Å². The number of ether oxygens (including phenoxy) is 3. The van der Waals surface area contributed by atoms with Crippen molar-refractivity contribution in [2.45, 2.75) is 71.7 Å². The van der Waals surface area contributed by atoms with Gasteiger partial charge in [-0.05, 0) is 23.5 Å². The molecule has 2 aromatic rings. The van der Waals surface area contributed by atoms with Crippen LogP contribution in [0.4, 0.5) is 0 Å². The molecule has 0 aliphatic carbocycles. The number of hydrogen-bond acceptors (Lipinski definition) is 10. The Kier molecular flexibility index (Phi) is 14.5. The molecule has 1 fully saturated rings. The standard InChI is InChI=1S/C32H46N4O9S/c1-21-28(46-20-34-21)23-7-5-22(6-8-23)18-33-30(41)25-17-24(37)19-36(25)31(42)29(32(2,3)4)35-26(38)9-11-43-13-15-45-16-14-44-12-10-27(39)40/h5-8,20,24-25,29,37H,9-19H2,1-4H3,(H,33,41)(H,35,38)(H,39,40)/t24-,25?,29?/m1/s1. The van der Waals surface area contributed by atoms with Crippen molar-refractivity contribution in [3.8, 4) is 10.4 Å². The second-order valence-electron chi connectivity index (χ2n) is 12.2. The van der Waals surface area contributed by atoms with E-state index in [1.165, 1.54) is 4.90 Å². The van der Waals surface area contributed by atoms with Crippen molar-refractivity contribution in [1.82, 2.24) is 20.5 Å². The van der Waals surface area contributed by atoms with Crippen molar-refractivity contribution in [3.63, 3.8) is 0 Å². The number of carbonyl (C=O) groups is 4. The number of hydrogen-bond donors (Lipinski definition) is 4. The Labute approximate surface area is 273 Å². The second kappa shape index (κ2) is 18.0. The molecule has 3 amide bonds. The first-order valence-corrected chi connectivity index (χ1v) is 16.2. The van der Waals surface area contributed by atoms with Crippen LogP contribution in [-0.2, 0) is 39.9 Å². The minimum absolute atomic E-state index is 0.00399. The molecule has 14 heteroatoms. The Bertz CT molecular complexity index is 1300. The largest absolute Gasteiger partial charge is 0.481 e. The lowest BCUT2D eigenvalue weighted by Crippen LogP contribution is -2.57. The highest BCUT2D eigenvalue weighted by molar-refractivity contribution is 7.13. The molecule has 2 unspecified atom stereocenters. The molecule has 1 aliphatic rings. The number of aliphatic hydroxyl groups is 1. The fraction of sp³-hybridized carbons (Fsp3) is 0.594. The number of rotatable bonds is 18. The third kappa shape index (κ3) is 11.7. The first-order chi connectivity index (χ1) is 21.9. The molecule has 4 N–H and O–H groups in total. The van der Waals surface area contributed by atoms with Gasteiger partial charge in [0, 0.05) is 25.9 Å². The van der Waals surface area contributed by atoms with E-state index in [1.807, 2.05) is 52.0 Å². The zero-order valence-electron chi connectivity index (χ0n) is 27.0. The maximum Gasteiger partial charge on any atom is 0.305 e. The van der Waals surface area contributed by atoms with Gasteiger partial charge in [0.1, 0.15) is 12.1 Å². The van der Waals surface area contributed by atoms with Crippen molar-refractivity contribution in [2.24, 2.45) is 5.41 Å². The maximum absolute atomic E-state index is 13.7. The van der Waals surface area contributed by atoms with E-state index in [4.69, 9.17) is 19.3 Å². The molecule has 2 heterocycles. The number of carboxylic acid groups (broad SMARTS) is 1. The minimum Gasteiger partial charge on any atom is -0.481 e. The van der Waals surface area contributed by atoms with E-state index in [2.05, 4.69) is 15.6 Å². The number of nitrogens with one attached hydrogen (secondary N) is 2. The number of aromatic nitrogens is 1. The Morgan fingerprint density at radius 2 is 1.61 bits per heavy atom. The summed E-state index contributed by atoms with van der Waals surface area (Å²) >= 11 is 1.57. The highest BCUT2D eigenvalue weighted by atomic mass is 32.1. The Morgan fingerprint density at radius 3 is 2.17 bits per heavy atom. The normalized spacial score (nSPS) is 17.1. The Balaban J connectivity index is 1.45. The molecule has 1 saturated heterocycles. The summed E-state index contributed by atoms with van der Waals surface area (Å²) in [6, 6.07) is 6.05. The van der Waals surface area contributed by atoms with Crippen molar-refractivity contribution in [2.75, 3.05) is 46.2 Å². The first-order valence-electron chi connectivity index (χ1n) is 15.4. The SMILES string of the molecule is Cc1ncsc1-c1ccc(CNC(=O)C2C[C@@H](O)CN2C(=O)C(NC(=O)CCOCCOCCOCCC(=O)O)C(C)(C)C)cc1. The topological polar surface area (TPSA) is 177 Å². The van der Waals surface area contributed by atoms with Gasteiger partial charge in [0.15, 0.2) is 0 Å². The van der Waals surface area contributed by atoms with E-state index in [0.29, 0.717) is 6.61 Å². The third-order valence-electron chi connectivity index (χ3n) is 7.39. The molecule has 1 aromatic carbocycles. The van der Waals surface area contributed by atoms with Crippen molar-refractivity contribution < 1.29 is 43.6 Å². The van der Waals surface area contributed by atoms with E-state index in [-0.39, 0.29) is 77.2 Å². The van der Waals surface area contributed by atoms with Gasteiger partial charge in [-0.15, -0.1) is 11.3 Å². The van der Waals surface area contributed by atoms with Crippen LogP contribution in [0.25, 0.3) is 10.4 Å². The number of likely N-dealkylation sites (tertiary alicyclic amines) is 1. The number of aliphatic hydroxyl groups excluding tert-OH is 1. The lowest BCUT2D eigenvalue weighted by molar-refractivity contribution is -0.144. The molecular weight excluding hydrogens is 616 g/mol. The summed E-state index contributed by atoms with van der Waals surface area (Å²) in [5.74, 6) is -2.09. The molecular formula is C32H46N4O9S. The van der Waals surface area contributed by atoms with Crippen molar-refractivity contribution in [3.05, 3.63) is 41.0 Å². The molecule has 46 heavy (non-hydrogen) atoms. The summed E-state index contributed by atoms with van der Waals surface area (Å²) in [7, 11) is 0. The number of aliphatic carboxylic acids is 1. The molecule has 3 rings (SSSR count). The predicted octanol–water partition coefficient (Wildman–Crippen LogP) is 2.14. The summed E-state index contributed by atoms with van der Waals surface area (Å²) in [4.78, 5) is 57.0. The van der Waals surface area contributed by atoms with Gasteiger partial charge in [-0.1, -0.05) is 45.0 Å². The van der Waals surface area contributed by atoms with Gasteiger partial charge in [0.05, 0.1) is 68.2 Å². The lowest BCUT2D eigenvalue weighted by Gasteiger charge is -2.35. The molecule has 0 saturated carbocycles. The molecule has 254 valence electrons. The van der Waals surface area contributed by atoms with Crippen LogP contribution in [0.15, 0.2) is 29.8 Å². The van der Waals surface area contributed by atoms with Gasteiger partial charge in [-0.25, -0.2) is 4.98 Å². The first kappa shape index (κ1) is 37.0. The molecule has 1 aromatic heterocycles. The quantitative estimate of drug-likeness (QED) is 0.173. The van der Waals surface area contributed by atoms with Crippen LogP contribution < -0.4 is 10.6 Å². The van der Waals surface area contributed by atoms with Crippen LogP contribution in [0.5, 0.6) is 0 Å². The average Bonchev–Trinajstić information content (AvgIpc) is 3.61. The van der Waals surface area contributed by atoms with E-state index in [1.54, 1.807) is 16.8 Å². The summed E-state index contributed by atoms with van der Waals surface area (Å²) in [5.41, 5.74) is 4.05. The smallest absolute Gasteiger partial charge is 0.305 e. The Morgan fingerprint density at radius 1 is 1.00 bits per heavy atom. The summed E-state index contributed by atoms with van der Waals surface area (Å²) < 4.78 is 15.9. The predicted molar refractivity (Wildman–Crippen MR) is 171 cm³/mol. The van der Waals surface area contributed by atoms with Gasteiger partial charge >= 0.3 is 5.97 Å². The molecule has 13 nitrogen and oxygen atoms in total. The minimum atomic E-state index is -0.923. The van der Waals surface area contributed by atoms with E-state index < -0.39 is 35.5 Å². The highest BCUT2D eigenvalue weighted by Crippen LogP contribution is 2.28. The number of carbonyl (C=O) groups excluding carboxylic acids is 3. The maximum atomic E-state index is 13.7. The number of aryl methyl sites for hydroxylation is 1.